The number of nitrogens with one attached hydrogen (secondary N) is 1. The van der Waals surface area contributed by atoms with Gasteiger partial charge in [-0.15, -0.1) is 0 Å². The van der Waals surface area contributed by atoms with Gasteiger partial charge in [0.1, 0.15) is 0 Å². The predicted octanol–water partition coefficient (Wildman–Crippen LogP) is 1.35. The maximum atomic E-state index is 13.1. The lowest BCUT2D eigenvalue weighted by Crippen LogP contribution is -2.57. The van der Waals surface area contributed by atoms with Crippen LogP contribution in [0, 0.1) is 5.92 Å². The van der Waals surface area contributed by atoms with Crippen molar-refractivity contribution in [2.75, 3.05) is 31.9 Å². The van der Waals surface area contributed by atoms with Crippen molar-refractivity contribution in [3.8, 4) is 0 Å². The zero-order chi connectivity index (χ0) is 21.5. The van der Waals surface area contributed by atoms with Gasteiger partial charge in [0.25, 0.3) is 10.2 Å². The standard InChI is InChI=1S/C19H29BrN4O4S2/c20-16-4-5-17-14(11-16)6-9-23-13-15-3-1-8-24(18(15)12-19(17)23)29(25,26)10-2-7-22-30(21,27)28/h4-5,11,15,18-19,22H,1-3,6-10,12-13H2,(H2,21,27,28)/t15-,18+,19-/m0/s1. The van der Waals surface area contributed by atoms with E-state index in [0.29, 0.717) is 12.5 Å². The Morgan fingerprint density at radius 1 is 1.20 bits per heavy atom. The summed E-state index contributed by atoms with van der Waals surface area (Å²) in [5, 5.41) is 4.92. The summed E-state index contributed by atoms with van der Waals surface area (Å²) in [7, 11) is -7.26. The van der Waals surface area contributed by atoms with E-state index in [9.17, 15) is 16.8 Å². The van der Waals surface area contributed by atoms with E-state index < -0.39 is 20.2 Å². The highest BCUT2D eigenvalue weighted by Crippen LogP contribution is 2.44. The zero-order valence-electron chi connectivity index (χ0n) is 16.8. The Morgan fingerprint density at radius 3 is 2.77 bits per heavy atom. The van der Waals surface area contributed by atoms with E-state index in [-0.39, 0.29) is 30.8 Å². The second-order valence-corrected chi connectivity index (χ2v) is 12.9. The summed E-state index contributed by atoms with van der Waals surface area (Å²) in [5.41, 5.74) is 2.67. The Hall–Kier alpha value is -0.560. The number of halogens is 1. The highest BCUT2D eigenvalue weighted by Gasteiger charge is 2.45. The maximum absolute atomic E-state index is 13.1. The number of benzene rings is 1. The van der Waals surface area contributed by atoms with Crippen molar-refractivity contribution >= 4 is 36.2 Å². The van der Waals surface area contributed by atoms with Crippen LogP contribution >= 0.6 is 15.9 Å². The summed E-state index contributed by atoms with van der Waals surface area (Å²) < 4.78 is 53.2. The minimum Gasteiger partial charge on any atom is -0.296 e. The predicted molar refractivity (Wildman–Crippen MR) is 120 cm³/mol. The van der Waals surface area contributed by atoms with Crippen LogP contribution in [0.15, 0.2) is 22.7 Å². The average molecular weight is 522 g/mol. The third-order valence-electron chi connectivity index (χ3n) is 6.61. The molecule has 168 valence electrons. The third-order valence-corrected chi connectivity index (χ3v) is 9.69. The maximum Gasteiger partial charge on any atom is 0.274 e. The number of sulfonamides is 1. The molecule has 3 heterocycles. The van der Waals surface area contributed by atoms with Gasteiger partial charge in [-0.2, -0.15) is 12.7 Å². The first-order valence-corrected chi connectivity index (χ1v) is 14.4. The summed E-state index contributed by atoms with van der Waals surface area (Å²) in [6.07, 6.45) is 3.98. The molecule has 1 aromatic carbocycles. The monoisotopic (exact) mass is 520 g/mol. The van der Waals surface area contributed by atoms with Crippen LogP contribution in [0.5, 0.6) is 0 Å². The van der Waals surface area contributed by atoms with Crippen LogP contribution < -0.4 is 9.86 Å². The van der Waals surface area contributed by atoms with Crippen LogP contribution in [0.1, 0.15) is 42.9 Å². The molecular formula is C19H29BrN4O4S2. The number of rotatable bonds is 6. The van der Waals surface area contributed by atoms with E-state index in [1.54, 1.807) is 4.31 Å². The minimum atomic E-state index is -3.80. The molecule has 4 rings (SSSR count). The molecule has 0 saturated carbocycles. The smallest absolute Gasteiger partial charge is 0.274 e. The number of hydrogen-bond donors (Lipinski definition) is 2. The largest absolute Gasteiger partial charge is 0.296 e. The first-order valence-electron chi connectivity index (χ1n) is 10.4. The molecule has 3 aliphatic heterocycles. The molecule has 1 aromatic rings. The molecule has 0 radical (unpaired) electrons. The molecule has 3 aliphatic rings. The lowest BCUT2D eigenvalue weighted by Gasteiger charge is -2.51. The van der Waals surface area contributed by atoms with Gasteiger partial charge in [0.05, 0.1) is 5.75 Å². The molecule has 0 bridgehead atoms. The van der Waals surface area contributed by atoms with Gasteiger partial charge in [0.2, 0.25) is 10.0 Å². The molecule has 3 atom stereocenters. The van der Waals surface area contributed by atoms with E-state index in [1.165, 1.54) is 11.1 Å². The van der Waals surface area contributed by atoms with E-state index in [2.05, 4.69) is 43.8 Å². The first-order chi connectivity index (χ1) is 14.1. The normalized spacial score (nSPS) is 27.9. The highest BCUT2D eigenvalue weighted by atomic mass is 79.9. The fourth-order valence-corrected chi connectivity index (χ4v) is 7.97. The molecule has 0 amide bonds. The van der Waals surface area contributed by atoms with Crippen molar-refractivity contribution in [2.45, 2.75) is 44.2 Å². The van der Waals surface area contributed by atoms with Crippen LogP contribution in [-0.4, -0.2) is 64.0 Å². The van der Waals surface area contributed by atoms with Crippen LogP contribution in [0.3, 0.4) is 0 Å². The molecule has 0 aromatic heterocycles. The number of nitrogens with zero attached hydrogens (tertiary/aromatic N) is 2. The van der Waals surface area contributed by atoms with Crippen molar-refractivity contribution in [1.29, 1.82) is 0 Å². The lowest BCUT2D eigenvalue weighted by molar-refractivity contribution is 0.0220. The van der Waals surface area contributed by atoms with E-state index >= 15 is 0 Å². The summed E-state index contributed by atoms with van der Waals surface area (Å²) in [5.74, 6) is 0.278. The van der Waals surface area contributed by atoms with Gasteiger partial charge < -0.3 is 0 Å². The second kappa shape index (κ2) is 8.76. The molecule has 0 spiro atoms. The van der Waals surface area contributed by atoms with Gasteiger partial charge in [-0.05, 0) is 61.3 Å². The number of fused-ring (bicyclic) bond motifs is 4. The van der Waals surface area contributed by atoms with Crippen molar-refractivity contribution in [3.05, 3.63) is 33.8 Å². The molecule has 11 heteroatoms. The fraction of sp³-hybridized carbons (Fsp3) is 0.684. The molecule has 3 N–H and O–H groups in total. The summed E-state index contributed by atoms with van der Waals surface area (Å²) in [6.45, 7) is 2.53. The zero-order valence-corrected chi connectivity index (χ0v) is 20.1. The third kappa shape index (κ3) is 4.92. The molecule has 8 nitrogen and oxygen atoms in total. The average Bonchev–Trinajstić information content (AvgIpc) is 2.68. The Balaban J connectivity index is 1.49. The van der Waals surface area contributed by atoms with Gasteiger partial charge in [-0.25, -0.2) is 18.3 Å². The van der Waals surface area contributed by atoms with E-state index in [1.807, 2.05) is 0 Å². The van der Waals surface area contributed by atoms with Gasteiger partial charge in [0.15, 0.2) is 0 Å². The molecule has 0 aliphatic carbocycles. The molecule has 0 unspecified atom stereocenters. The molecular weight excluding hydrogens is 492 g/mol. The Morgan fingerprint density at radius 2 is 2.00 bits per heavy atom. The first kappa shape index (κ1) is 22.6. The van der Waals surface area contributed by atoms with Crippen LogP contribution in [0.2, 0.25) is 0 Å². The van der Waals surface area contributed by atoms with Crippen molar-refractivity contribution in [3.63, 3.8) is 0 Å². The van der Waals surface area contributed by atoms with Crippen molar-refractivity contribution in [2.24, 2.45) is 11.1 Å². The number of hydrogen-bond acceptors (Lipinski definition) is 5. The number of nitrogens with two attached hydrogens (primary N) is 1. The Labute approximate surface area is 187 Å². The summed E-state index contributed by atoms with van der Waals surface area (Å²) >= 11 is 3.56. The van der Waals surface area contributed by atoms with Gasteiger partial charge in [-0.1, -0.05) is 22.0 Å². The summed E-state index contributed by atoms with van der Waals surface area (Å²) in [4.78, 5) is 2.53. The van der Waals surface area contributed by atoms with Crippen LogP contribution in [0.25, 0.3) is 0 Å². The van der Waals surface area contributed by atoms with Gasteiger partial charge >= 0.3 is 0 Å². The Bertz CT molecular complexity index is 1000. The van der Waals surface area contributed by atoms with E-state index in [4.69, 9.17) is 5.14 Å². The van der Waals surface area contributed by atoms with Gasteiger partial charge in [-0.3, -0.25) is 4.90 Å². The molecule has 2 saturated heterocycles. The van der Waals surface area contributed by atoms with E-state index in [0.717, 1.165) is 43.2 Å². The second-order valence-electron chi connectivity index (χ2n) is 8.53. The molecule has 2 fully saturated rings. The molecule has 30 heavy (non-hydrogen) atoms. The SMILES string of the molecule is NS(=O)(=O)NCCCS(=O)(=O)N1CCC[C@H]2CN3CCc4cc(Br)ccc4[C@@H]3C[C@H]21. The van der Waals surface area contributed by atoms with Crippen molar-refractivity contribution < 1.29 is 16.8 Å². The van der Waals surface area contributed by atoms with Crippen LogP contribution in [0.4, 0.5) is 0 Å². The number of piperidine rings is 2. The highest BCUT2D eigenvalue weighted by molar-refractivity contribution is 9.10. The quantitative estimate of drug-likeness (QED) is 0.549. The Kier molecular flexibility index (Phi) is 6.61. The van der Waals surface area contributed by atoms with Gasteiger partial charge in [0, 0.05) is 42.7 Å². The summed E-state index contributed by atoms with van der Waals surface area (Å²) in [6, 6.07) is 6.69. The topological polar surface area (TPSA) is 113 Å². The fourth-order valence-electron chi connectivity index (χ4n) is 5.31. The lowest BCUT2D eigenvalue weighted by atomic mass is 9.77. The van der Waals surface area contributed by atoms with Crippen LogP contribution in [-0.2, 0) is 26.7 Å². The minimum absolute atomic E-state index is 0.00537. The van der Waals surface area contributed by atoms with Crippen molar-refractivity contribution in [1.82, 2.24) is 13.9 Å².